The van der Waals surface area contributed by atoms with E-state index in [-0.39, 0.29) is 0 Å². The van der Waals surface area contributed by atoms with E-state index in [9.17, 15) is 0 Å². The van der Waals surface area contributed by atoms with Crippen molar-refractivity contribution in [2.45, 2.75) is 6.42 Å². The molecule has 0 atom stereocenters. The Labute approximate surface area is 110 Å². The van der Waals surface area contributed by atoms with E-state index >= 15 is 0 Å². The van der Waals surface area contributed by atoms with Crippen LogP contribution in [0.2, 0.25) is 0 Å². The van der Waals surface area contributed by atoms with Gasteiger partial charge in [0.15, 0.2) is 0 Å². The van der Waals surface area contributed by atoms with Crippen LogP contribution in [0.15, 0.2) is 53.0 Å². The normalized spacial score (nSPS) is 9.65. The van der Waals surface area contributed by atoms with Gasteiger partial charge in [-0.05, 0) is 45.8 Å². The van der Waals surface area contributed by atoms with Crippen LogP contribution < -0.4 is 4.74 Å². The summed E-state index contributed by atoms with van der Waals surface area (Å²) in [6, 6.07) is 15.6. The number of halogens is 1. The van der Waals surface area contributed by atoms with Gasteiger partial charge in [0.2, 0.25) is 0 Å². The van der Waals surface area contributed by atoms with Crippen LogP contribution in [0, 0.1) is 12.3 Å². The molecule has 0 bridgehead atoms. The molecule has 0 spiro atoms. The van der Waals surface area contributed by atoms with Crippen LogP contribution in [0.1, 0.15) is 5.56 Å². The van der Waals surface area contributed by atoms with E-state index in [2.05, 4.69) is 21.9 Å². The highest BCUT2D eigenvalue weighted by atomic mass is 79.9. The lowest BCUT2D eigenvalue weighted by Crippen LogP contribution is -1.88. The first kappa shape index (κ1) is 11.8. The summed E-state index contributed by atoms with van der Waals surface area (Å²) >= 11 is 3.46. The predicted molar refractivity (Wildman–Crippen MR) is 73.2 cm³/mol. The molecule has 2 aromatic rings. The van der Waals surface area contributed by atoms with Crippen molar-refractivity contribution in [3.63, 3.8) is 0 Å². The fourth-order valence-electron chi connectivity index (χ4n) is 1.47. The van der Waals surface area contributed by atoms with Gasteiger partial charge < -0.3 is 4.74 Å². The molecule has 0 aliphatic carbocycles. The first-order valence-corrected chi connectivity index (χ1v) is 6.03. The molecule has 0 aliphatic rings. The van der Waals surface area contributed by atoms with E-state index < -0.39 is 0 Å². The van der Waals surface area contributed by atoms with Gasteiger partial charge in [-0.15, -0.1) is 12.3 Å². The Balaban J connectivity index is 2.26. The van der Waals surface area contributed by atoms with Crippen molar-refractivity contribution in [1.29, 1.82) is 0 Å². The lowest BCUT2D eigenvalue weighted by Gasteiger charge is -2.08. The Bertz CT molecular complexity index is 541. The van der Waals surface area contributed by atoms with Crippen molar-refractivity contribution in [1.82, 2.24) is 0 Å². The largest absolute Gasteiger partial charge is 0.456 e. The highest BCUT2D eigenvalue weighted by Gasteiger charge is 2.03. The van der Waals surface area contributed by atoms with Gasteiger partial charge in [0, 0.05) is 6.42 Å². The van der Waals surface area contributed by atoms with Gasteiger partial charge in [-0.3, -0.25) is 0 Å². The molecule has 2 rings (SSSR count). The van der Waals surface area contributed by atoms with Gasteiger partial charge in [0.05, 0.1) is 4.47 Å². The molecule has 2 heteroatoms. The fourth-order valence-corrected chi connectivity index (χ4v) is 1.80. The van der Waals surface area contributed by atoms with Gasteiger partial charge in [0.25, 0.3) is 0 Å². The Hall–Kier alpha value is -1.72. The lowest BCUT2D eigenvalue weighted by molar-refractivity contribution is 0.479. The summed E-state index contributed by atoms with van der Waals surface area (Å²) in [4.78, 5) is 0. The van der Waals surface area contributed by atoms with Crippen LogP contribution in [-0.2, 0) is 6.42 Å². The first-order chi connectivity index (χ1) is 8.29. The summed E-state index contributed by atoms with van der Waals surface area (Å²) in [5, 5.41) is 0. The number of rotatable bonds is 3. The molecule has 0 unspecified atom stereocenters. The van der Waals surface area contributed by atoms with Gasteiger partial charge in [-0.25, -0.2) is 0 Å². The highest BCUT2D eigenvalue weighted by Crippen LogP contribution is 2.30. The third kappa shape index (κ3) is 3.12. The zero-order valence-corrected chi connectivity index (χ0v) is 10.8. The second kappa shape index (κ2) is 5.56. The maximum Gasteiger partial charge on any atom is 0.141 e. The van der Waals surface area contributed by atoms with E-state index in [1.807, 2.05) is 48.5 Å². The van der Waals surface area contributed by atoms with E-state index in [1.54, 1.807) is 0 Å². The molecular formula is C15H11BrO. The zero-order chi connectivity index (χ0) is 12.1. The predicted octanol–water partition coefficient (Wildman–Crippen LogP) is 4.42. The molecule has 0 heterocycles. The van der Waals surface area contributed by atoms with E-state index in [4.69, 9.17) is 11.2 Å². The second-order valence-corrected chi connectivity index (χ2v) is 4.42. The molecule has 0 amide bonds. The molecule has 0 fully saturated rings. The topological polar surface area (TPSA) is 9.23 Å². The number of benzene rings is 2. The van der Waals surface area contributed by atoms with Crippen LogP contribution in [0.25, 0.3) is 0 Å². The average molecular weight is 287 g/mol. The Morgan fingerprint density at radius 3 is 2.59 bits per heavy atom. The molecule has 17 heavy (non-hydrogen) atoms. The standard InChI is InChI=1S/C15H11BrO/c1-2-6-12-9-10-14(16)15(11-12)17-13-7-4-3-5-8-13/h1,3-5,7-11H,6H2. The number of hydrogen-bond donors (Lipinski definition) is 0. The maximum atomic E-state index is 5.78. The van der Waals surface area contributed by atoms with Gasteiger partial charge in [-0.2, -0.15) is 0 Å². The van der Waals surface area contributed by atoms with Crippen molar-refractivity contribution in [3.8, 4) is 23.8 Å². The molecule has 0 radical (unpaired) electrons. The van der Waals surface area contributed by atoms with Crippen LogP contribution in [0.4, 0.5) is 0 Å². The summed E-state index contributed by atoms with van der Waals surface area (Å²) in [6.07, 6.45) is 5.91. The Morgan fingerprint density at radius 2 is 1.88 bits per heavy atom. The molecular weight excluding hydrogens is 276 g/mol. The minimum atomic E-state index is 0.610. The van der Waals surface area contributed by atoms with Crippen molar-refractivity contribution in [3.05, 3.63) is 58.6 Å². The SMILES string of the molecule is C#CCc1ccc(Br)c(Oc2ccccc2)c1. The number of hydrogen-bond acceptors (Lipinski definition) is 1. The fraction of sp³-hybridized carbons (Fsp3) is 0.0667. The molecule has 2 aromatic carbocycles. The van der Waals surface area contributed by atoms with Crippen LogP contribution >= 0.6 is 15.9 Å². The third-order valence-electron chi connectivity index (χ3n) is 2.27. The van der Waals surface area contributed by atoms with Gasteiger partial charge >= 0.3 is 0 Å². The lowest BCUT2D eigenvalue weighted by atomic mass is 10.1. The molecule has 0 N–H and O–H groups in total. The minimum Gasteiger partial charge on any atom is -0.456 e. The Kier molecular flexibility index (Phi) is 3.85. The summed E-state index contributed by atoms with van der Waals surface area (Å²) in [7, 11) is 0. The molecule has 84 valence electrons. The first-order valence-electron chi connectivity index (χ1n) is 5.24. The monoisotopic (exact) mass is 286 g/mol. The molecule has 0 saturated carbocycles. The quantitative estimate of drug-likeness (QED) is 0.759. The number of para-hydroxylation sites is 1. The van der Waals surface area contributed by atoms with E-state index in [0.717, 1.165) is 21.5 Å². The molecule has 0 aliphatic heterocycles. The van der Waals surface area contributed by atoms with Gasteiger partial charge in [-0.1, -0.05) is 24.3 Å². The van der Waals surface area contributed by atoms with Crippen LogP contribution in [-0.4, -0.2) is 0 Å². The van der Waals surface area contributed by atoms with Gasteiger partial charge in [0.1, 0.15) is 11.5 Å². The smallest absolute Gasteiger partial charge is 0.141 e. The number of terminal acetylenes is 1. The maximum absolute atomic E-state index is 5.78. The van der Waals surface area contributed by atoms with Crippen molar-refractivity contribution in [2.24, 2.45) is 0 Å². The number of ether oxygens (including phenoxy) is 1. The van der Waals surface area contributed by atoms with Crippen LogP contribution in [0.5, 0.6) is 11.5 Å². The molecule has 1 nitrogen and oxygen atoms in total. The average Bonchev–Trinajstić information content (AvgIpc) is 2.35. The minimum absolute atomic E-state index is 0.610. The third-order valence-corrected chi connectivity index (χ3v) is 2.93. The van der Waals surface area contributed by atoms with Crippen molar-refractivity contribution in [2.75, 3.05) is 0 Å². The van der Waals surface area contributed by atoms with Crippen molar-refractivity contribution >= 4 is 15.9 Å². The molecule has 0 aromatic heterocycles. The summed E-state index contributed by atoms with van der Waals surface area (Å²) in [5.74, 6) is 4.22. The summed E-state index contributed by atoms with van der Waals surface area (Å²) < 4.78 is 6.70. The highest BCUT2D eigenvalue weighted by molar-refractivity contribution is 9.10. The molecule has 0 saturated heterocycles. The second-order valence-electron chi connectivity index (χ2n) is 3.56. The van der Waals surface area contributed by atoms with Crippen molar-refractivity contribution < 1.29 is 4.74 Å². The summed E-state index contributed by atoms with van der Waals surface area (Å²) in [6.45, 7) is 0. The zero-order valence-electron chi connectivity index (χ0n) is 9.19. The van der Waals surface area contributed by atoms with E-state index in [1.165, 1.54) is 0 Å². The Morgan fingerprint density at radius 1 is 1.12 bits per heavy atom. The van der Waals surface area contributed by atoms with Crippen LogP contribution in [0.3, 0.4) is 0 Å². The van der Waals surface area contributed by atoms with E-state index in [0.29, 0.717) is 6.42 Å². The summed E-state index contributed by atoms with van der Waals surface area (Å²) in [5.41, 5.74) is 1.07.